The van der Waals surface area contributed by atoms with Crippen LogP contribution in [-0.2, 0) is 4.74 Å². The number of ketones is 1. The number of aromatic nitrogens is 1. The number of Topliss-reactive ketones (excluding diaryl/α,β-unsaturated/α-hetero) is 1. The van der Waals surface area contributed by atoms with E-state index in [0.29, 0.717) is 4.88 Å². The Bertz CT molecular complexity index is 433. The van der Waals surface area contributed by atoms with Crippen LogP contribution in [0, 0.1) is 0 Å². The fourth-order valence-corrected chi connectivity index (χ4v) is 1.97. The number of ether oxygens (including phenoxy) is 1. The zero-order valence-corrected chi connectivity index (χ0v) is 12.1. The fourth-order valence-electron chi connectivity index (χ4n) is 1.25. The van der Waals surface area contributed by atoms with Gasteiger partial charge < -0.3 is 10.1 Å². The van der Waals surface area contributed by atoms with Gasteiger partial charge in [0.2, 0.25) is 0 Å². The highest BCUT2D eigenvalue weighted by molar-refractivity contribution is 7.11. The molecule has 0 aliphatic heterocycles. The van der Waals surface area contributed by atoms with Crippen molar-refractivity contribution in [2.24, 2.45) is 0 Å². The van der Waals surface area contributed by atoms with E-state index in [4.69, 9.17) is 4.74 Å². The van der Waals surface area contributed by atoms with Crippen molar-refractivity contribution in [1.82, 2.24) is 10.3 Å². The van der Waals surface area contributed by atoms with Gasteiger partial charge in [-0.15, -0.1) is 11.3 Å². The molecular formula is C12H18N2O3S. The number of alkyl carbamates (subject to hydrolysis) is 1. The molecule has 6 heteroatoms. The standard InChI is InChI=1S/C12H18N2O3S/c1-11(2,3)17-10(16)14-12(4,5)9(15)8-6-13-7-18-8/h6-7H,1-5H3,(H,14,16). The monoisotopic (exact) mass is 270 g/mol. The molecule has 0 bridgehead atoms. The van der Waals surface area contributed by atoms with Crippen molar-refractivity contribution < 1.29 is 14.3 Å². The Hall–Kier alpha value is -1.43. The predicted molar refractivity (Wildman–Crippen MR) is 69.9 cm³/mol. The summed E-state index contributed by atoms with van der Waals surface area (Å²) in [4.78, 5) is 28.1. The molecule has 0 aromatic carbocycles. The number of nitrogens with one attached hydrogen (secondary N) is 1. The summed E-state index contributed by atoms with van der Waals surface area (Å²) in [6, 6.07) is 0. The van der Waals surface area contributed by atoms with Gasteiger partial charge in [-0.25, -0.2) is 4.79 Å². The third-order valence-electron chi connectivity index (χ3n) is 2.04. The number of rotatable bonds is 3. The fraction of sp³-hybridized carbons (Fsp3) is 0.583. The molecule has 0 atom stereocenters. The van der Waals surface area contributed by atoms with E-state index in [9.17, 15) is 9.59 Å². The Morgan fingerprint density at radius 2 is 1.89 bits per heavy atom. The molecule has 0 saturated carbocycles. The number of hydrogen-bond acceptors (Lipinski definition) is 5. The Kier molecular flexibility index (Phi) is 4.11. The Balaban J connectivity index is 2.70. The quantitative estimate of drug-likeness (QED) is 0.857. The van der Waals surface area contributed by atoms with Crippen LogP contribution in [0.25, 0.3) is 0 Å². The van der Waals surface area contributed by atoms with Crippen LogP contribution in [0.15, 0.2) is 11.7 Å². The van der Waals surface area contributed by atoms with Crippen molar-refractivity contribution in [3.8, 4) is 0 Å². The smallest absolute Gasteiger partial charge is 0.408 e. The van der Waals surface area contributed by atoms with Crippen molar-refractivity contribution in [3.05, 3.63) is 16.6 Å². The maximum atomic E-state index is 12.1. The van der Waals surface area contributed by atoms with Crippen LogP contribution >= 0.6 is 11.3 Å². The molecule has 1 heterocycles. The van der Waals surface area contributed by atoms with E-state index in [1.165, 1.54) is 17.5 Å². The molecule has 0 unspecified atom stereocenters. The van der Waals surface area contributed by atoms with Gasteiger partial charge in [-0.05, 0) is 34.6 Å². The lowest BCUT2D eigenvalue weighted by atomic mass is 9.98. The molecule has 0 aliphatic carbocycles. The molecule has 0 aliphatic rings. The van der Waals surface area contributed by atoms with Crippen LogP contribution in [0.1, 0.15) is 44.3 Å². The molecule has 1 amide bonds. The molecular weight excluding hydrogens is 252 g/mol. The summed E-state index contributed by atoms with van der Waals surface area (Å²) >= 11 is 1.25. The summed E-state index contributed by atoms with van der Waals surface area (Å²) in [6.07, 6.45) is 0.885. The molecule has 18 heavy (non-hydrogen) atoms. The van der Waals surface area contributed by atoms with E-state index in [0.717, 1.165) is 0 Å². The topological polar surface area (TPSA) is 68.3 Å². The second kappa shape index (κ2) is 5.06. The SMILES string of the molecule is CC(C)(C)OC(=O)NC(C)(C)C(=O)c1cncs1. The lowest BCUT2D eigenvalue weighted by molar-refractivity contribution is 0.0455. The highest BCUT2D eigenvalue weighted by Gasteiger charge is 2.33. The molecule has 0 fully saturated rings. The first-order chi connectivity index (χ1) is 8.12. The number of carbonyl (C=O) groups is 2. The second-order valence-corrected chi connectivity index (χ2v) is 6.33. The maximum absolute atomic E-state index is 12.1. The van der Waals surface area contributed by atoms with Crippen molar-refractivity contribution >= 4 is 23.2 Å². The Labute approximate surface area is 111 Å². The predicted octanol–water partition coefficient (Wildman–Crippen LogP) is 2.63. The number of amides is 1. The summed E-state index contributed by atoms with van der Waals surface area (Å²) in [6.45, 7) is 8.58. The molecule has 1 aromatic rings. The highest BCUT2D eigenvalue weighted by atomic mass is 32.1. The molecule has 0 saturated heterocycles. The van der Waals surface area contributed by atoms with E-state index in [2.05, 4.69) is 10.3 Å². The lowest BCUT2D eigenvalue weighted by Gasteiger charge is -2.27. The zero-order valence-electron chi connectivity index (χ0n) is 11.2. The van der Waals surface area contributed by atoms with Crippen molar-refractivity contribution in [2.45, 2.75) is 45.8 Å². The molecule has 1 rings (SSSR count). The summed E-state index contributed by atoms with van der Waals surface area (Å²) in [5.74, 6) is -0.184. The summed E-state index contributed by atoms with van der Waals surface area (Å²) in [5, 5.41) is 2.57. The average Bonchev–Trinajstić information content (AvgIpc) is 2.64. The first-order valence-electron chi connectivity index (χ1n) is 5.56. The van der Waals surface area contributed by atoms with Gasteiger partial charge in [0, 0.05) is 6.20 Å². The number of nitrogens with zero attached hydrogens (tertiary/aromatic N) is 1. The van der Waals surface area contributed by atoms with E-state index in [1.807, 2.05) is 0 Å². The van der Waals surface area contributed by atoms with Crippen LogP contribution < -0.4 is 5.32 Å². The van der Waals surface area contributed by atoms with Crippen LogP contribution in [0.3, 0.4) is 0 Å². The molecule has 1 N–H and O–H groups in total. The molecule has 5 nitrogen and oxygen atoms in total. The van der Waals surface area contributed by atoms with Crippen LogP contribution in [-0.4, -0.2) is 28.0 Å². The third kappa shape index (κ3) is 4.10. The molecule has 1 aromatic heterocycles. The van der Waals surface area contributed by atoms with Crippen molar-refractivity contribution in [2.75, 3.05) is 0 Å². The minimum absolute atomic E-state index is 0.184. The largest absolute Gasteiger partial charge is 0.444 e. The average molecular weight is 270 g/mol. The van der Waals surface area contributed by atoms with E-state index in [-0.39, 0.29) is 5.78 Å². The number of hydrogen-bond donors (Lipinski definition) is 1. The first-order valence-corrected chi connectivity index (χ1v) is 6.44. The third-order valence-corrected chi connectivity index (χ3v) is 2.81. The normalized spacial score (nSPS) is 12.1. The maximum Gasteiger partial charge on any atom is 0.408 e. The van der Waals surface area contributed by atoms with Gasteiger partial charge in [0.05, 0.1) is 10.4 Å². The van der Waals surface area contributed by atoms with Gasteiger partial charge in [-0.1, -0.05) is 0 Å². The summed E-state index contributed by atoms with van der Waals surface area (Å²) in [5.41, 5.74) is -0.0284. The number of thiazole rings is 1. The summed E-state index contributed by atoms with van der Waals surface area (Å²) < 4.78 is 5.13. The van der Waals surface area contributed by atoms with Gasteiger partial charge >= 0.3 is 6.09 Å². The van der Waals surface area contributed by atoms with E-state index < -0.39 is 17.2 Å². The van der Waals surface area contributed by atoms with Gasteiger partial charge in [0.1, 0.15) is 11.1 Å². The van der Waals surface area contributed by atoms with Gasteiger partial charge in [-0.3, -0.25) is 9.78 Å². The van der Waals surface area contributed by atoms with E-state index >= 15 is 0 Å². The number of carbonyl (C=O) groups excluding carboxylic acids is 2. The van der Waals surface area contributed by atoms with Crippen LogP contribution in [0.2, 0.25) is 0 Å². The summed E-state index contributed by atoms with van der Waals surface area (Å²) in [7, 11) is 0. The first kappa shape index (κ1) is 14.6. The lowest BCUT2D eigenvalue weighted by Crippen LogP contribution is -2.51. The van der Waals surface area contributed by atoms with Crippen molar-refractivity contribution in [1.29, 1.82) is 0 Å². The van der Waals surface area contributed by atoms with E-state index in [1.54, 1.807) is 40.1 Å². The van der Waals surface area contributed by atoms with Gasteiger partial charge in [0.25, 0.3) is 0 Å². The highest BCUT2D eigenvalue weighted by Crippen LogP contribution is 2.17. The second-order valence-electron chi connectivity index (χ2n) is 5.45. The zero-order chi connectivity index (χ0) is 14.0. The van der Waals surface area contributed by atoms with Gasteiger partial charge in [-0.2, -0.15) is 0 Å². The Morgan fingerprint density at radius 1 is 1.28 bits per heavy atom. The molecule has 0 spiro atoms. The van der Waals surface area contributed by atoms with Crippen LogP contribution in [0.5, 0.6) is 0 Å². The minimum atomic E-state index is -1.02. The minimum Gasteiger partial charge on any atom is -0.444 e. The van der Waals surface area contributed by atoms with Crippen molar-refractivity contribution in [3.63, 3.8) is 0 Å². The van der Waals surface area contributed by atoms with Crippen LogP contribution in [0.4, 0.5) is 4.79 Å². The Morgan fingerprint density at radius 3 is 2.33 bits per heavy atom. The molecule has 0 radical (unpaired) electrons. The molecule has 100 valence electrons. The van der Waals surface area contributed by atoms with Gasteiger partial charge in [0.15, 0.2) is 5.78 Å².